The third-order valence-corrected chi connectivity index (χ3v) is 5.23. The molecule has 2 amide bonds. The maximum absolute atomic E-state index is 12.2. The molecule has 0 unspecified atom stereocenters. The fourth-order valence-electron chi connectivity index (χ4n) is 2.77. The predicted molar refractivity (Wildman–Crippen MR) is 112 cm³/mol. The number of nitrogens with one attached hydrogen (secondary N) is 2. The van der Waals surface area contributed by atoms with Crippen molar-refractivity contribution >= 4 is 29.0 Å². The zero-order valence-electron chi connectivity index (χ0n) is 15.9. The molecule has 0 spiro atoms. The maximum atomic E-state index is 12.2. The van der Waals surface area contributed by atoms with E-state index in [-0.39, 0.29) is 11.8 Å². The number of anilines is 1. The number of rotatable bonds is 9. The van der Waals surface area contributed by atoms with Gasteiger partial charge < -0.3 is 10.6 Å². The summed E-state index contributed by atoms with van der Waals surface area (Å²) in [5.74, 6) is 0.489. The molecule has 2 aromatic heterocycles. The number of carbonyl (C=O) groups excluding carboxylic acids is 2. The molecule has 6 nitrogen and oxygen atoms in total. The molecule has 2 heterocycles. The lowest BCUT2D eigenvalue weighted by atomic mass is 10.1. The molecule has 146 valence electrons. The Balaban J connectivity index is 1.44. The molecule has 28 heavy (non-hydrogen) atoms. The van der Waals surface area contributed by atoms with Crippen molar-refractivity contribution in [2.45, 2.75) is 32.7 Å². The molecule has 3 rings (SSSR count). The van der Waals surface area contributed by atoms with Gasteiger partial charge in [0.2, 0.25) is 5.91 Å². The van der Waals surface area contributed by atoms with Gasteiger partial charge in [0, 0.05) is 19.0 Å². The van der Waals surface area contributed by atoms with Crippen molar-refractivity contribution < 1.29 is 9.59 Å². The van der Waals surface area contributed by atoms with E-state index in [0.717, 1.165) is 12.0 Å². The lowest BCUT2D eigenvalue weighted by Gasteiger charge is -2.10. The number of aromatic nitrogens is 2. The highest BCUT2D eigenvalue weighted by molar-refractivity contribution is 7.12. The highest BCUT2D eigenvalue weighted by Crippen LogP contribution is 2.12. The van der Waals surface area contributed by atoms with Crippen LogP contribution in [0.2, 0.25) is 0 Å². The Kier molecular flexibility index (Phi) is 6.97. The van der Waals surface area contributed by atoms with E-state index in [1.165, 1.54) is 16.9 Å². The molecule has 0 saturated carbocycles. The minimum absolute atomic E-state index is 0.0894. The number of benzene rings is 1. The zero-order chi connectivity index (χ0) is 19.8. The van der Waals surface area contributed by atoms with Crippen LogP contribution in [0, 0.1) is 0 Å². The summed E-state index contributed by atoms with van der Waals surface area (Å²) in [5, 5.41) is 11.9. The third kappa shape index (κ3) is 5.53. The molecule has 1 aromatic carbocycles. The first kappa shape index (κ1) is 19.8. The SMILES string of the molecule is CCc1ccc(Cn2nccc2NC(=O)CCCNC(=O)c2cccs2)cc1. The molecule has 0 aliphatic carbocycles. The first-order valence-electron chi connectivity index (χ1n) is 9.37. The van der Waals surface area contributed by atoms with Crippen LogP contribution >= 0.6 is 11.3 Å². The van der Waals surface area contributed by atoms with Crippen molar-refractivity contribution in [1.82, 2.24) is 15.1 Å². The van der Waals surface area contributed by atoms with E-state index in [0.29, 0.717) is 36.6 Å². The van der Waals surface area contributed by atoms with Gasteiger partial charge in [0.15, 0.2) is 0 Å². The third-order valence-electron chi connectivity index (χ3n) is 4.36. The maximum Gasteiger partial charge on any atom is 0.261 e. The second kappa shape index (κ2) is 9.85. The number of thiophene rings is 1. The van der Waals surface area contributed by atoms with Crippen LogP contribution in [0.25, 0.3) is 0 Å². The minimum atomic E-state index is -0.0948. The van der Waals surface area contributed by atoms with E-state index in [1.807, 2.05) is 11.4 Å². The standard InChI is InChI=1S/C21H24N4O2S/c1-2-16-7-9-17(10-8-16)15-25-19(11-13-23-25)24-20(26)6-3-12-22-21(27)18-5-4-14-28-18/h4-5,7-11,13-14H,2-3,6,12,15H2,1H3,(H,22,27)(H,24,26). The van der Waals surface area contributed by atoms with E-state index in [4.69, 9.17) is 0 Å². The van der Waals surface area contributed by atoms with Crippen LogP contribution in [0.4, 0.5) is 5.82 Å². The second-order valence-corrected chi connectivity index (χ2v) is 7.38. The number of nitrogens with zero attached hydrogens (tertiary/aromatic N) is 2. The van der Waals surface area contributed by atoms with Gasteiger partial charge in [-0.25, -0.2) is 4.68 Å². The molecule has 3 aromatic rings. The van der Waals surface area contributed by atoms with Gasteiger partial charge in [-0.1, -0.05) is 37.3 Å². The second-order valence-electron chi connectivity index (χ2n) is 6.43. The van der Waals surface area contributed by atoms with E-state index in [2.05, 4.69) is 46.9 Å². The summed E-state index contributed by atoms with van der Waals surface area (Å²) >= 11 is 1.40. The fourth-order valence-corrected chi connectivity index (χ4v) is 3.41. The Bertz CT molecular complexity index is 901. The highest BCUT2D eigenvalue weighted by atomic mass is 32.1. The van der Waals surface area contributed by atoms with Gasteiger partial charge in [-0.05, 0) is 35.4 Å². The summed E-state index contributed by atoms with van der Waals surface area (Å²) < 4.78 is 1.78. The van der Waals surface area contributed by atoms with Crippen molar-refractivity contribution in [3.05, 3.63) is 70.0 Å². The summed E-state index contributed by atoms with van der Waals surface area (Å²) in [7, 11) is 0. The predicted octanol–water partition coefficient (Wildman–Crippen LogP) is 3.70. The lowest BCUT2D eigenvalue weighted by molar-refractivity contribution is -0.116. The number of carbonyl (C=O) groups is 2. The van der Waals surface area contributed by atoms with Crippen molar-refractivity contribution in [2.24, 2.45) is 0 Å². The molecular weight excluding hydrogens is 372 g/mol. The van der Waals surface area contributed by atoms with Crippen LogP contribution in [0.3, 0.4) is 0 Å². The number of hydrogen-bond acceptors (Lipinski definition) is 4. The average Bonchev–Trinajstić information content (AvgIpc) is 3.38. The molecule has 0 aliphatic heterocycles. The van der Waals surface area contributed by atoms with Crippen LogP contribution in [-0.2, 0) is 17.8 Å². The van der Waals surface area contributed by atoms with Crippen molar-refractivity contribution in [1.29, 1.82) is 0 Å². The van der Waals surface area contributed by atoms with E-state index >= 15 is 0 Å². The lowest BCUT2D eigenvalue weighted by Crippen LogP contribution is -2.25. The highest BCUT2D eigenvalue weighted by Gasteiger charge is 2.09. The summed E-state index contributed by atoms with van der Waals surface area (Å²) in [4.78, 5) is 24.7. The first-order valence-corrected chi connectivity index (χ1v) is 10.2. The molecule has 7 heteroatoms. The van der Waals surface area contributed by atoms with Gasteiger partial charge in [0.25, 0.3) is 5.91 Å². The van der Waals surface area contributed by atoms with Crippen LogP contribution in [0.15, 0.2) is 54.0 Å². The molecule has 0 radical (unpaired) electrons. The minimum Gasteiger partial charge on any atom is -0.351 e. The van der Waals surface area contributed by atoms with E-state index in [1.54, 1.807) is 23.0 Å². The first-order chi connectivity index (χ1) is 13.7. The molecule has 0 bridgehead atoms. The van der Waals surface area contributed by atoms with Crippen LogP contribution in [0.1, 0.15) is 40.6 Å². The van der Waals surface area contributed by atoms with Gasteiger partial charge in [-0.3, -0.25) is 9.59 Å². The molecule has 0 atom stereocenters. The number of hydrogen-bond donors (Lipinski definition) is 2. The van der Waals surface area contributed by atoms with Gasteiger partial charge in [-0.15, -0.1) is 11.3 Å². The molecular formula is C21H24N4O2S. The smallest absolute Gasteiger partial charge is 0.261 e. The Morgan fingerprint density at radius 3 is 2.61 bits per heavy atom. The summed E-state index contributed by atoms with van der Waals surface area (Å²) in [5.41, 5.74) is 2.43. The van der Waals surface area contributed by atoms with Gasteiger partial charge in [-0.2, -0.15) is 5.10 Å². The van der Waals surface area contributed by atoms with Crippen molar-refractivity contribution in [3.8, 4) is 0 Å². The summed E-state index contributed by atoms with van der Waals surface area (Å²) in [6, 6.07) is 13.8. The normalized spacial score (nSPS) is 10.6. The quantitative estimate of drug-likeness (QED) is 0.542. The Morgan fingerprint density at radius 2 is 1.89 bits per heavy atom. The molecule has 0 fully saturated rings. The largest absolute Gasteiger partial charge is 0.351 e. The van der Waals surface area contributed by atoms with E-state index < -0.39 is 0 Å². The van der Waals surface area contributed by atoms with Crippen molar-refractivity contribution in [3.63, 3.8) is 0 Å². The topological polar surface area (TPSA) is 76.0 Å². The number of amides is 2. The Labute approximate surface area is 168 Å². The number of aryl methyl sites for hydroxylation is 1. The summed E-state index contributed by atoms with van der Waals surface area (Å²) in [6.07, 6.45) is 3.60. The van der Waals surface area contributed by atoms with Crippen molar-refractivity contribution in [2.75, 3.05) is 11.9 Å². The summed E-state index contributed by atoms with van der Waals surface area (Å²) in [6.45, 7) is 3.19. The van der Waals surface area contributed by atoms with Gasteiger partial charge in [0.05, 0.1) is 17.6 Å². The van der Waals surface area contributed by atoms with Gasteiger partial charge >= 0.3 is 0 Å². The van der Waals surface area contributed by atoms with Gasteiger partial charge in [0.1, 0.15) is 5.82 Å². The average molecular weight is 397 g/mol. The van der Waals surface area contributed by atoms with Crippen LogP contribution in [0.5, 0.6) is 0 Å². The fraction of sp³-hybridized carbons (Fsp3) is 0.286. The molecule has 0 saturated heterocycles. The van der Waals surface area contributed by atoms with Crippen LogP contribution < -0.4 is 10.6 Å². The Morgan fingerprint density at radius 1 is 1.11 bits per heavy atom. The van der Waals surface area contributed by atoms with Crippen LogP contribution in [-0.4, -0.2) is 28.1 Å². The zero-order valence-corrected chi connectivity index (χ0v) is 16.7. The molecule has 0 aliphatic rings. The van der Waals surface area contributed by atoms with E-state index in [9.17, 15) is 9.59 Å². The molecule has 2 N–H and O–H groups in total. The monoisotopic (exact) mass is 396 g/mol. The Hall–Kier alpha value is -2.93.